The third kappa shape index (κ3) is 6.58. The van der Waals surface area contributed by atoms with Gasteiger partial charge in [0.15, 0.2) is 11.5 Å². The minimum Gasteiger partial charge on any atom is -0.466 e. The van der Waals surface area contributed by atoms with Gasteiger partial charge >= 0.3 is 0 Å². The highest BCUT2D eigenvalue weighted by Crippen LogP contribution is 2.30. The number of hydrogen-bond donors (Lipinski definition) is 1. The van der Waals surface area contributed by atoms with Crippen LogP contribution in [0.5, 0.6) is 11.5 Å². The summed E-state index contributed by atoms with van der Waals surface area (Å²) in [6.07, 6.45) is 13.3. The zero-order valence-corrected chi connectivity index (χ0v) is 12.8. The van der Waals surface area contributed by atoms with Crippen LogP contribution in [0.3, 0.4) is 0 Å². The standard InChI is InChI=1S/C16H14O6S/c23-14-1-2-15-16(13-14)22-12-10-20-8-6-18-4-3-17-5-7-19-9-11-21-15/h1-13,23H/b4-3-,7-5-,8-6-,11-9-,12-10-. The fourth-order valence-corrected chi connectivity index (χ4v) is 1.52. The smallest absolute Gasteiger partial charge is 0.170 e. The number of benzene rings is 1. The maximum atomic E-state index is 5.44. The van der Waals surface area contributed by atoms with Crippen LogP contribution in [-0.4, -0.2) is 0 Å². The topological polar surface area (TPSA) is 55.4 Å². The van der Waals surface area contributed by atoms with Crippen LogP contribution in [0.1, 0.15) is 0 Å². The highest BCUT2D eigenvalue weighted by Gasteiger charge is 2.04. The van der Waals surface area contributed by atoms with Crippen molar-refractivity contribution < 1.29 is 28.4 Å². The lowest BCUT2D eigenvalue weighted by molar-refractivity contribution is 0.303. The van der Waals surface area contributed by atoms with Crippen molar-refractivity contribution in [3.05, 3.63) is 80.8 Å². The van der Waals surface area contributed by atoms with E-state index in [1.165, 1.54) is 62.6 Å². The van der Waals surface area contributed by atoms with Gasteiger partial charge in [-0.2, -0.15) is 0 Å². The Bertz CT molecular complexity index is 633. The summed E-state index contributed by atoms with van der Waals surface area (Å²) >= 11 is 4.26. The van der Waals surface area contributed by atoms with Crippen molar-refractivity contribution >= 4 is 12.6 Å². The normalized spacial score (nSPS) is 21.6. The second-order valence-electron chi connectivity index (χ2n) is 3.77. The molecule has 0 radical (unpaired) electrons. The highest BCUT2D eigenvalue weighted by molar-refractivity contribution is 7.80. The molecule has 0 amide bonds. The molecule has 120 valence electrons. The number of ether oxygens (including phenoxy) is 6. The minimum atomic E-state index is 0.463. The second kappa shape index (κ2) is 9.91. The van der Waals surface area contributed by atoms with Crippen LogP contribution in [0, 0.1) is 0 Å². The van der Waals surface area contributed by atoms with E-state index in [0.29, 0.717) is 11.5 Å². The Labute approximate surface area is 138 Å². The molecule has 0 unspecified atom stereocenters. The molecule has 6 nitrogen and oxygen atoms in total. The maximum Gasteiger partial charge on any atom is 0.170 e. The molecule has 0 saturated carbocycles. The molecular formula is C16H14O6S. The van der Waals surface area contributed by atoms with E-state index >= 15 is 0 Å². The lowest BCUT2D eigenvalue weighted by Crippen LogP contribution is -1.90. The van der Waals surface area contributed by atoms with Gasteiger partial charge in [-0.15, -0.1) is 12.6 Å². The Kier molecular flexibility index (Phi) is 7.08. The van der Waals surface area contributed by atoms with E-state index in [4.69, 9.17) is 28.4 Å². The van der Waals surface area contributed by atoms with Crippen molar-refractivity contribution in [3.8, 4) is 11.5 Å². The summed E-state index contributed by atoms with van der Waals surface area (Å²) in [5.74, 6) is 0.945. The summed E-state index contributed by atoms with van der Waals surface area (Å²) in [6.45, 7) is 0. The summed E-state index contributed by atoms with van der Waals surface area (Å²) in [5.41, 5.74) is 0. The fraction of sp³-hybridized carbons (Fsp3) is 0. The molecule has 0 bridgehead atoms. The van der Waals surface area contributed by atoms with Crippen LogP contribution in [0.25, 0.3) is 0 Å². The van der Waals surface area contributed by atoms with Crippen molar-refractivity contribution in [1.82, 2.24) is 0 Å². The van der Waals surface area contributed by atoms with Gasteiger partial charge in [-0.1, -0.05) is 0 Å². The third-order valence-corrected chi connectivity index (χ3v) is 2.50. The van der Waals surface area contributed by atoms with Gasteiger partial charge in [-0.25, -0.2) is 0 Å². The van der Waals surface area contributed by atoms with E-state index in [1.807, 2.05) is 0 Å². The molecule has 23 heavy (non-hydrogen) atoms. The molecule has 0 N–H and O–H groups in total. The van der Waals surface area contributed by atoms with Gasteiger partial charge in [-0.05, 0) is 18.2 Å². The Balaban J connectivity index is 2.09. The van der Waals surface area contributed by atoms with Crippen LogP contribution in [-0.2, 0) is 18.9 Å². The predicted octanol–water partition coefficient (Wildman–Crippen LogP) is 4.17. The molecule has 0 fully saturated rings. The highest BCUT2D eigenvalue weighted by atomic mass is 32.1. The zero-order chi connectivity index (χ0) is 16.2. The average molecular weight is 334 g/mol. The van der Waals surface area contributed by atoms with E-state index in [9.17, 15) is 0 Å². The molecule has 1 aliphatic rings. The molecule has 0 spiro atoms. The van der Waals surface area contributed by atoms with Crippen molar-refractivity contribution in [2.45, 2.75) is 4.90 Å². The first kappa shape index (κ1) is 16.4. The quantitative estimate of drug-likeness (QED) is 0.719. The van der Waals surface area contributed by atoms with Crippen LogP contribution in [0.2, 0.25) is 0 Å². The largest absolute Gasteiger partial charge is 0.466 e. The molecule has 0 aromatic heterocycles. The molecule has 7 heteroatoms. The lowest BCUT2D eigenvalue weighted by atomic mass is 10.3. The number of rotatable bonds is 0. The maximum absolute atomic E-state index is 5.44. The first-order valence-corrected chi connectivity index (χ1v) is 6.84. The summed E-state index contributed by atoms with van der Waals surface area (Å²) in [5, 5.41) is 0. The van der Waals surface area contributed by atoms with Crippen molar-refractivity contribution in [3.63, 3.8) is 0 Å². The van der Waals surface area contributed by atoms with E-state index in [2.05, 4.69) is 12.6 Å². The van der Waals surface area contributed by atoms with Crippen LogP contribution < -0.4 is 9.47 Å². The van der Waals surface area contributed by atoms with Gasteiger partial charge in [0.2, 0.25) is 0 Å². The molecule has 0 atom stereocenters. The monoisotopic (exact) mass is 334 g/mol. The molecule has 1 aliphatic heterocycles. The first-order chi connectivity index (χ1) is 11.4. The van der Waals surface area contributed by atoms with Crippen LogP contribution in [0.15, 0.2) is 85.7 Å². The third-order valence-electron chi connectivity index (χ3n) is 2.22. The van der Waals surface area contributed by atoms with E-state index in [-0.39, 0.29) is 0 Å². The van der Waals surface area contributed by atoms with E-state index in [1.54, 1.807) is 18.2 Å². The lowest BCUT2D eigenvalue weighted by Gasteiger charge is -2.07. The summed E-state index contributed by atoms with van der Waals surface area (Å²) in [7, 11) is 0. The Morgan fingerprint density at radius 3 is 1.48 bits per heavy atom. The number of hydrogen-bond acceptors (Lipinski definition) is 7. The Morgan fingerprint density at radius 1 is 0.522 bits per heavy atom. The van der Waals surface area contributed by atoms with Crippen molar-refractivity contribution in [2.75, 3.05) is 0 Å². The first-order valence-electron chi connectivity index (χ1n) is 6.39. The molecule has 1 heterocycles. The van der Waals surface area contributed by atoms with Crippen molar-refractivity contribution in [2.24, 2.45) is 0 Å². The van der Waals surface area contributed by atoms with Gasteiger partial charge < -0.3 is 28.4 Å². The minimum absolute atomic E-state index is 0.463. The number of thiol groups is 1. The van der Waals surface area contributed by atoms with Gasteiger partial charge in [0.25, 0.3) is 0 Å². The van der Waals surface area contributed by atoms with Gasteiger partial charge in [0.1, 0.15) is 62.6 Å². The number of fused-ring (bicyclic) bond motifs is 1. The van der Waals surface area contributed by atoms with Gasteiger partial charge in [0.05, 0.1) is 0 Å². The van der Waals surface area contributed by atoms with E-state index < -0.39 is 0 Å². The molecule has 1 aromatic rings. The van der Waals surface area contributed by atoms with Gasteiger partial charge in [-0.3, -0.25) is 0 Å². The predicted molar refractivity (Wildman–Crippen MR) is 85.0 cm³/mol. The summed E-state index contributed by atoms with van der Waals surface area (Å²) < 4.78 is 30.8. The average Bonchev–Trinajstić information content (AvgIpc) is 2.55. The van der Waals surface area contributed by atoms with Crippen LogP contribution in [0.4, 0.5) is 0 Å². The molecule has 0 saturated heterocycles. The second-order valence-corrected chi connectivity index (χ2v) is 4.29. The Hall–Kier alpha value is -2.93. The van der Waals surface area contributed by atoms with Gasteiger partial charge in [0, 0.05) is 4.90 Å². The molecule has 1 aromatic carbocycles. The molecule has 2 rings (SSSR count). The summed E-state index contributed by atoms with van der Waals surface area (Å²) in [6, 6.07) is 5.19. The van der Waals surface area contributed by atoms with Crippen LogP contribution >= 0.6 is 12.6 Å². The molecular weight excluding hydrogens is 320 g/mol. The zero-order valence-electron chi connectivity index (χ0n) is 11.9. The Morgan fingerprint density at radius 2 is 0.957 bits per heavy atom. The van der Waals surface area contributed by atoms with Crippen molar-refractivity contribution in [1.29, 1.82) is 0 Å². The fourth-order valence-electron chi connectivity index (χ4n) is 1.33. The SMILES string of the molecule is Sc1ccc2c(c1)O/C=C\O/C=C\O/C=C\O/C=C\O/C=C\O2. The summed E-state index contributed by atoms with van der Waals surface area (Å²) in [4.78, 5) is 0.726. The van der Waals surface area contributed by atoms with E-state index in [0.717, 1.165) is 4.90 Å². The molecule has 0 aliphatic carbocycles.